The van der Waals surface area contributed by atoms with Gasteiger partial charge < -0.3 is 15.6 Å². The number of amides is 1. The number of thioether (sulfide) groups is 1. The quantitative estimate of drug-likeness (QED) is 0.194. The zero-order valence-corrected chi connectivity index (χ0v) is 15.0. The molecule has 0 aromatic heterocycles. The molecule has 1 amide bonds. The second-order valence-electron chi connectivity index (χ2n) is 6.37. The van der Waals surface area contributed by atoms with E-state index in [1.54, 1.807) is 0 Å². The minimum Gasteiger partial charge on any atom is -0.477 e. The number of carboxylic acid groups (broad SMARTS) is 1. The summed E-state index contributed by atoms with van der Waals surface area (Å²) in [6, 6.07) is -0.919. The number of esters is 1. The van der Waals surface area contributed by atoms with Gasteiger partial charge in [-0.05, 0) is 6.42 Å². The summed E-state index contributed by atoms with van der Waals surface area (Å²) in [5.41, 5.74) is 2.00. The van der Waals surface area contributed by atoms with Crippen molar-refractivity contribution in [3.05, 3.63) is 11.3 Å². The molecule has 2 aliphatic heterocycles. The van der Waals surface area contributed by atoms with Gasteiger partial charge in [0.15, 0.2) is 5.78 Å². The number of β-lactam (4-membered cyclic amide) rings is 1. The Balaban J connectivity index is 2.27. The van der Waals surface area contributed by atoms with E-state index in [1.807, 2.05) is 0 Å². The van der Waals surface area contributed by atoms with Crippen LogP contribution < -0.4 is 5.73 Å². The normalized spacial score (nSPS) is 31.3. The van der Waals surface area contributed by atoms with Crippen molar-refractivity contribution in [3.8, 4) is 0 Å². The number of nitrogens with two attached hydrogens (primary N) is 1. The third kappa shape index (κ3) is 2.69. The van der Waals surface area contributed by atoms with E-state index in [9.17, 15) is 33.9 Å². The maximum Gasteiger partial charge on any atom is 0.352 e. The summed E-state index contributed by atoms with van der Waals surface area (Å²) in [5, 5.41) is 9.00. The molecule has 2 heterocycles. The molecule has 2 fully saturated rings. The van der Waals surface area contributed by atoms with Crippen LogP contribution in [0.3, 0.4) is 0 Å². The zero-order valence-electron chi connectivity index (χ0n) is 14.2. The SMILES string of the molecule is CC(=O)OC1(C2=C(C(=O)O)N3C(=O)[C@@H](N)[C@H]3SC2)C(=O)CCCC(=O)C1=O. The molecule has 3 rings (SSSR count). The summed E-state index contributed by atoms with van der Waals surface area (Å²) in [5.74, 6) is -6.61. The molecular formula is C16H16N2O8S. The number of aliphatic carboxylic acids is 1. The van der Waals surface area contributed by atoms with Crippen LogP contribution in [0.15, 0.2) is 11.3 Å². The highest BCUT2D eigenvalue weighted by Gasteiger charge is 2.61. The highest BCUT2D eigenvalue weighted by atomic mass is 32.2. The average Bonchev–Trinajstić information content (AvgIpc) is 2.71. The molecule has 11 heteroatoms. The minimum absolute atomic E-state index is 0.0748. The van der Waals surface area contributed by atoms with Gasteiger partial charge in [0.25, 0.3) is 11.4 Å². The molecule has 3 atom stereocenters. The molecule has 1 aliphatic carbocycles. The van der Waals surface area contributed by atoms with Gasteiger partial charge in [0.2, 0.25) is 11.7 Å². The molecule has 1 unspecified atom stereocenters. The Morgan fingerprint density at radius 1 is 1.26 bits per heavy atom. The first-order valence-electron chi connectivity index (χ1n) is 8.10. The predicted octanol–water partition coefficient (Wildman–Crippen LogP) is -1.24. The highest BCUT2D eigenvalue weighted by Crippen LogP contribution is 2.45. The number of Topliss-reactive ketones (excluding diaryl/α,β-unsaturated/α-hetero) is 3. The number of ether oxygens (including phenoxy) is 1. The molecule has 27 heavy (non-hydrogen) atoms. The Morgan fingerprint density at radius 2 is 1.93 bits per heavy atom. The van der Waals surface area contributed by atoms with Gasteiger partial charge in [0.1, 0.15) is 17.1 Å². The van der Waals surface area contributed by atoms with Crippen LogP contribution in [0.4, 0.5) is 0 Å². The van der Waals surface area contributed by atoms with Crippen molar-refractivity contribution < 1.29 is 38.6 Å². The molecule has 0 spiro atoms. The summed E-state index contributed by atoms with van der Waals surface area (Å²) < 4.78 is 5.08. The van der Waals surface area contributed by atoms with E-state index in [2.05, 4.69) is 0 Å². The van der Waals surface area contributed by atoms with Crippen molar-refractivity contribution >= 4 is 47.0 Å². The lowest BCUT2D eigenvalue weighted by molar-refractivity contribution is -0.169. The fraction of sp³-hybridized carbons (Fsp3) is 0.500. The number of hydrogen-bond donors (Lipinski definition) is 2. The number of hydrogen-bond acceptors (Lipinski definition) is 9. The van der Waals surface area contributed by atoms with Gasteiger partial charge in [-0.1, -0.05) is 0 Å². The number of carboxylic acids is 1. The van der Waals surface area contributed by atoms with Crippen LogP contribution in [0.2, 0.25) is 0 Å². The van der Waals surface area contributed by atoms with Crippen LogP contribution in [-0.2, 0) is 33.5 Å². The van der Waals surface area contributed by atoms with Crippen molar-refractivity contribution in [2.24, 2.45) is 5.73 Å². The standard InChI is InChI=1S/C16H16N2O8S/c1-6(19)26-16(9(21)4-2-3-8(20)12(16)22)7-5-27-14-10(17)13(23)18(14)11(7)15(24)25/h10,14H,2-5,17H2,1H3,(H,24,25)/t10-,14-,16?/m1/s1. The number of ketones is 3. The first-order valence-corrected chi connectivity index (χ1v) is 9.15. The molecule has 1 saturated carbocycles. The van der Waals surface area contributed by atoms with Gasteiger partial charge in [0.05, 0.1) is 0 Å². The summed E-state index contributed by atoms with van der Waals surface area (Å²) in [7, 11) is 0. The van der Waals surface area contributed by atoms with Crippen molar-refractivity contribution in [1.82, 2.24) is 4.90 Å². The fourth-order valence-electron chi connectivity index (χ4n) is 3.49. The van der Waals surface area contributed by atoms with E-state index in [1.165, 1.54) is 0 Å². The zero-order chi connectivity index (χ0) is 20.1. The van der Waals surface area contributed by atoms with Crippen LogP contribution in [0.5, 0.6) is 0 Å². The third-order valence-corrected chi connectivity index (χ3v) is 6.01. The molecule has 0 radical (unpaired) electrons. The molecule has 3 aliphatic rings. The maximum atomic E-state index is 12.8. The lowest BCUT2D eigenvalue weighted by atomic mass is 9.81. The minimum atomic E-state index is -2.66. The van der Waals surface area contributed by atoms with Crippen molar-refractivity contribution in [1.29, 1.82) is 0 Å². The number of carbonyl (C=O) groups is 6. The molecule has 0 aromatic carbocycles. The Bertz CT molecular complexity index is 834. The highest BCUT2D eigenvalue weighted by molar-refractivity contribution is 8.00. The monoisotopic (exact) mass is 396 g/mol. The lowest BCUT2D eigenvalue weighted by Gasteiger charge is -2.49. The van der Waals surface area contributed by atoms with E-state index in [0.29, 0.717) is 0 Å². The van der Waals surface area contributed by atoms with Gasteiger partial charge in [-0.3, -0.25) is 28.9 Å². The number of carbonyl (C=O) groups excluding carboxylic acids is 5. The first-order chi connectivity index (χ1) is 12.6. The molecule has 144 valence electrons. The second-order valence-corrected chi connectivity index (χ2v) is 7.48. The van der Waals surface area contributed by atoms with Gasteiger partial charge in [-0.25, -0.2) is 4.79 Å². The third-order valence-electron chi connectivity index (χ3n) is 4.71. The predicted molar refractivity (Wildman–Crippen MR) is 89.1 cm³/mol. The number of rotatable bonds is 3. The van der Waals surface area contributed by atoms with E-state index in [0.717, 1.165) is 23.6 Å². The Labute approximate surface area is 157 Å². The van der Waals surface area contributed by atoms with Crippen LogP contribution in [0.1, 0.15) is 26.2 Å². The topological polar surface area (TPSA) is 161 Å². The average molecular weight is 396 g/mol. The van der Waals surface area contributed by atoms with E-state index in [-0.39, 0.29) is 30.6 Å². The summed E-state index contributed by atoms with van der Waals surface area (Å²) >= 11 is 1.04. The first kappa shape index (κ1) is 19.2. The molecule has 3 N–H and O–H groups in total. The van der Waals surface area contributed by atoms with Crippen LogP contribution in [0.25, 0.3) is 0 Å². The van der Waals surface area contributed by atoms with Gasteiger partial charge in [-0.2, -0.15) is 0 Å². The Morgan fingerprint density at radius 3 is 2.52 bits per heavy atom. The largest absolute Gasteiger partial charge is 0.477 e. The van der Waals surface area contributed by atoms with Gasteiger partial charge in [-0.15, -0.1) is 11.8 Å². The van der Waals surface area contributed by atoms with Gasteiger partial charge >= 0.3 is 11.9 Å². The Kier molecular flexibility index (Phi) is 4.68. The van der Waals surface area contributed by atoms with Crippen LogP contribution in [-0.4, -0.2) is 68.0 Å². The van der Waals surface area contributed by atoms with Crippen LogP contribution in [0, 0.1) is 0 Å². The maximum absolute atomic E-state index is 12.8. The smallest absolute Gasteiger partial charge is 0.352 e. The molecule has 10 nitrogen and oxygen atoms in total. The van der Waals surface area contributed by atoms with E-state index in [4.69, 9.17) is 10.5 Å². The molecule has 0 aromatic rings. The number of fused-ring (bicyclic) bond motifs is 1. The van der Waals surface area contributed by atoms with E-state index >= 15 is 0 Å². The molecule has 0 bridgehead atoms. The van der Waals surface area contributed by atoms with E-state index < -0.39 is 57.9 Å². The molecule has 1 saturated heterocycles. The molecular weight excluding hydrogens is 380 g/mol. The summed E-state index contributed by atoms with van der Waals surface area (Å²) in [4.78, 5) is 74.4. The summed E-state index contributed by atoms with van der Waals surface area (Å²) in [6.45, 7) is 0.947. The van der Waals surface area contributed by atoms with Gasteiger partial charge in [0, 0.05) is 31.1 Å². The summed E-state index contributed by atoms with van der Waals surface area (Å²) in [6.07, 6.45) is -0.388. The second kappa shape index (κ2) is 6.57. The van der Waals surface area contributed by atoms with Crippen molar-refractivity contribution in [2.45, 2.75) is 43.2 Å². The van der Waals surface area contributed by atoms with Crippen molar-refractivity contribution in [3.63, 3.8) is 0 Å². The fourth-order valence-corrected chi connectivity index (χ4v) is 4.85. The van der Waals surface area contributed by atoms with Crippen LogP contribution >= 0.6 is 11.8 Å². The Hall–Kier alpha value is -2.53. The number of nitrogens with zero attached hydrogens (tertiary/aromatic N) is 1. The lowest BCUT2D eigenvalue weighted by Crippen LogP contribution is -2.70. The van der Waals surface area contributed by atoms with Crippen molar-refractivity contribution in [2.75, 3.05) is 5.75 Å².